The highest BCUT2D eigenvalue weighted by Gasteiger charge is 2.33. The highest BCUT2D eigenvalue weighted by atomic mass is 16.3. The largest absolute Gasteiger partial charge is 0.464 e. The lowest BCUT2D eigenvalue weighted by Crippen LogP contribution is -2.53. The molecule has 26 heavy (non-hydrogen) atoms. The van der Waals surface area contributed by atoms with Crippen molar-refractivity contribution in [2.75, 3.05) is 6.54 Å². The van der Waals surface area contributed by atoms with E-state index in [2.05, 4.69) is 5.32 Å². The van der Waals surface area contributed by atoms with Gasteiger partial charge in [-0.15, -0.1) is 0 Å². The monoisotopic (exact) mass is 357 g/mol. The molecular weight excluding hydrogens is 330 g/mol. The summed E-state index contributed by atoms with van der Waals surface area (Å²) in [5, 5.41) is 3.88. The van der Waals surface area contributed by atoms with Crippen LogP contribution in [0.15, 0.2) is 34.9 Å². The smallest absolute Gasteiger partial charge is 0.245 e. The van der Waals surface area contributed by atoms with E-state index >= 15 is 0 Å². The van der Waals surface area contributed by atoms with E-state index in [1.165, 1.54) is 0 Å². The number of carbonyl (C=O) groups excluding carboxylic acids is 2. The van der Waals surface area contributed by atoms with Crippen molar-refractivity contribution in [2.45, 2.75) is 57.7 Å². The molecule has 3 N–H and O–H groups in total. The van der Waals surface area contributed by atoms with Crippen molar-refractivity contribution in [3.63, 3.8) is 0 Å². The molecule has 6 heteroatoms. The molecule has 3 atom stereocenters. The van der Waals surface area contributed by atoms with E-state index in [-0.39, 0.29) is 17.9 Å². The Morgan fingerprint density at radius 3 is 2.88 bits per heavy atom. The van der Waals surface area contributed by atoms with Gasteiger partial charge >= 0.3 is 0 Å². The third-order valence-electron chi connectivity index (χ3n) is 5.11. The molecule has 1 aromatic carbocycles. The van der Waals surface area contributed by atoms with Gasteiger partial charge < -0.3 is 20.4 Å². The standard InChI is InChI=1S/C20H27N3O3/c1-3-17(22-19(24)13(2)21)20(25)23-10-6-7-15(23)11-14-12-26-18-9-5-4-8-16(14)18/h4-5,8-9,12-13,15,17H,3,6-7,10-11,21H2,1-2H3,(H,22,24)/t13-,15-,17-/m0/s1. The Labute approximate surface area is 153 Å². The quantitative estimate of drug-likeness (QED) is 0.829. The van der Waals surface area contributed by atoms with Gasteiger partial charge in [-0.05, 0) is 38.7 Å². The number of nitrogens with two attached hydrogens (primary N) is 1. The first-order valence-corrected chi connectivity index (χ1v) is 9.32. The summed E-state index contributed by atoms with van der Waals surface area (Å²) >= 11 is 0. The number of rotatable bonds is 6. The summed E-state index contributed by atoms with van der Waals surface area (Å²) in [5.74, 6) is -0.307. The van der Waals surface area contributed by atoms with Crippen molar-refractivity contribution in [3.8, 4) is 0 Å². The molecule has 1 aliphatic heterocycles. The van der Waals surface area contributed by atoms with Gasteiger partial charge in [0.05, 0.1) is 12.3 Å². The SMILES string of the molecule is CC[C@H](NC(=O)[C@H](C)N)C(=O)N1CCC[C@H]1Cc1coc2ccccc12. The van der Waals surface area contributed by atoms with Gasteiger partial charge in [-0.1, -0.05) is 25.1 Å². The van der Waals surface area contributed by atoms with E-state index in [0.717, 1.165) is 42.3 Å². The minimum absolute atomic E-state index is 0.0169. The van der Waals surface area contributed by atoms with Crippen molar-refractivity contribution in [1.29, 1.82) is 0 Å². The number of nitrogens with one attached hydrogen (secondary N) is 1. The number of amides is 2. The summed E-state index contributed by atoms with van der Waals surface area (Å²) < 4.78 is 5.63. The van der Waals surface area contributed by atoms with Gasteiger partial charge in [-0.3, -0.25) is 9.59 Å². The fraction of sp³-hybridized carbons (Fsp3) is 0.500. The minimum atomic E-state index is -0.622. The number of fused-ring (bicyclic) bond motifs is 1. The van der Waals surface area contributed by atoms with Crippen molar-refractivity contribution in [3.05, 3.63) is 36.1 Å². The maximum atomic E-state index is 13.0. The predicted molar refractivity (Wildman–Crippen MR) is 101 cm³/mol. The van der Waals surface area contributed by atoms with Crippen molar-refractivity contribution >= 4 is 22.8 Å². The second-order valence-electron chi connectivity index (χ2n) is 7.05. The molecule has 2 aromatic rings. The van der Waals surface area contributed by atoms with Crippen LogP contribution in [0.4, 0.5) is 0 Å². The number of hydrogen-bond donors (Lipinski definition) is 2. The Hall–Kier alpha value is -2.34. The second-order valence-corrected chi connectivity index (χ2v) is 7.05. The molecule has 1 aliphatic rings. The van der Waals surface area contributed by atoms with Crippen LogP contribution < -0.4 is 11.1 Å². The number of hydrogen-bond acceptors (Lipinski definition) is 4. The number of para-hydroxylation sites is 1. The summed E-state index contributed by atoms with van der Waals surface area (Å²) in [6, 6.07) is 6.94. The highest BCUT2D eigenvalue weighted by molar-refractivity contribution is 5.90. The molecule has 0 saturated carbocycles. The van der Waals surface area contributed by atoms with E-state index in [1.807, 2.05) is 36.1 Å². The molecule has 0 bridgehead atoms. The first-order valence-electron chi connectivity index (χ1n) is 9.32. The maximum Gasteiger partial charge on any atom is 0.245 e. The first-order chi connectivity index (χ1) is 12.5. The highest BCUT2D eigenvalue weighted by Crippen LogP contribution is 2.27. The average molecular weight is 357 g/mol. The van der Waals surface area contributed by atoms with E-state index in [1.54, 1.807) is 13.2 Å². The van der Waals surface area contributed by atoms with Crippen LogP contribution in [-0.2, 0) is 16.0 Å². The topological polar surface area (TPSA) is 88.6 Å². The number of nitrogens with zero attached hydrogens (tertiary/aromatic N) is 1. The Balaban J connectivity index is 1.72. The third-order valence-corrected chi connectivity index (χ3v) is 5.11. The zero-order valence-corrected chi connectivity index (χ0v) is 15.4. The van der Waals surface area contributed by atoms with Crippen LogP contribution in [0, 0.1) is 0 Å². The van der Waals surface area contributed by atoms with Gasteiger partial charge in [-0.25, -0.2) is 0 Å². The molecule has 1 aromatic heterocycles. The summed E-state index contributed by atoms with van der Waals surface area (Å²) in [5.41, 5.74) is 7.61. The fourth-order valence-corrected chi connectivity index (χ4v) is 3.62. The molecule has 1 saturated heterocycles. The molecule has 0 spiro atoms. The van der Waals surface area contributed by atoms with E-state index < -0.39 is 12.1 Å². The van der Waals surface area contributed by atoms with Crippen LogP contribution in [0.5, 0.6) is 0 Å². The van der Waals surface area contributed by atoms with Gasteiger partial charge in [0.25, 0.3) is 0 Å². The Kier molecular flexibility index (Phi) is 5.61. The lowest BCUT2D eigenvalue weighted by atomic mass is 10.0. The summed E-state index contributed by atoms with van der Waals surface area (Å²) in [6.45, 7) is 4.25. The zero-order valence-electron chi connectivity index (χ0n) is 15.4. The van der Waals surface area contributed by atoms with E-state index in [4.69, 9.17) is 10.2 Å². The number of benzene rings is 1. The lowest BCUT2D eigenvalue weighted by Gasteiger charge is -2.29. The zero-order chi connectivity index (χ0) is 18.7. The van der Waals surface area contributed by atoms with Crippen LogP contribution in [0.1, 0.15) is 38.7 Å². The van der Waals surface area contributed by atoms with Crippen LogP contribution in [0.25, 0.3) is 11.0 Å². The van der Waals surface area contributed by atoms with Crippen molar-refractivity contribution < 1.29 is 14.0 Å². The fourth-order valence-electron chi connectivity index (χ4n) is 3.62. The first kappa shape index (κ1) is 18.5. The van der Waals surface area contributed by atoms with Crippen molar-refractivity contribution in [2.24, 2.45) is 5.73 Å². The van der Waals surface area contributed by atoms with Gasteiger partial charge in [0.2, 0.25) is 11.8 Å². The molecule has 2 amide bonds. The van der Waals surface area contributed by atoms with E-state index in [0.29, 0.717) is 6.42 Å². The number of likely N-dealkylation sites (tertiary alicyclic amines) is 1. The van der Waals surface area contributed by atoms with Crippen LogP contribution in [0.3, 0.4) is 0 Å². The Morgan fingerprint density at radius 2 is 2.15 bits per heavy atom. The molecule has 6 nitrogen and oxygen atoms in total. The Bertz CT molecular complexity index is 783. The molecule has 0 aliphatic carbocycles. The number of carbonyl (C=O) groups is 2. The van der Waals surface area contributed by atoms with Crippen LogP contribution >= 0.6 is 0 Å². The summed E-state index contributed by atoms with van der Waals surface area (Å²) in [4.78, 5) is 26.8. The maximum absolute atomic E-state index is 13.0. The molecule has 0 unspecified atom stereocenters. The van der Waals surface area contributed by atoms with Gasteiger partial charge in [0.15, 0.2) is 0 Å². The van der Waals surface area contributed by atoms with E-state index in [9.17, 15) is 9.59 Å². The average Bonchev–Trinajstić information content (AvgIpc) is 3.26. The summed E-state index contributed by atoms with van der Waals surface area (Å²) in [7, 11) is 0. The van der Waals surface area contributed by atoms with Crippen LogP contribution in [-0.4, -0.2) is 41.4 Å². The lowest BCUT2D eigenvalue weighted by molar-refractivity contribution is -0.137. The van der Waals surface area contributed by atoms with Crippen LogP contribution in [0.2, 0.25) is 0 Å². The summed E-state index contributed by atoms with van der Waals surface area (Å²) in [6.07, 6.45) is 5.04. The van der Waals surface area contributed by atoms with Gasteiger partial charge in [0, 0.05) is 23.5 Å². The normalized spacial score (nSPS) is 19.5. The predicted octanol–water partition coefficient (Wildman–Crippen LogP) is 2.21. The molecule has 3 rings (SSSR count). The van der Waals surface area contributed by atoms with Crippen molar-refractivity contribution in [1.82, 2.24) is 10.2 Å². The minimum Gasteiger partial charge on any atom is -0.464 e. The second kappa shape index (κ2) is 7.91. The third kappa shape index (κ3) is 3.75. The van der Waals surface area contributed by atoms with Gasteiger partial charge in [0.1, 0.15) is 11.6 Å². The molecule has 2 heterocycles. The number of furan rings is 1. The molecule has 0 radical (unpaired) electrons. The molecular formula is C20H27N3O3. The molecule has 1 fully saturated rings. The molecule has 140 valence electrons. The van der Waals surface area contributed by atoms with Gasteiger partial charge in [-0.2, -0.15) is 0 Å². The Morgan fingerprint density at radius 1 is 1.38 bits per heavy atom.